The van der Waals surface area contributed by atoms with Crippen LogP contribution in [0.2, 0.25) is 0 Å². The fourth-order valence-corrected chi connectivity index (χ4v) is 7.27. The number of hydrogen-bond acceptors (Lipinski definition) is 7. The fraction of sp³-hybridized carbons (Fsp3) is 0.167. The zero-order chi connectivity index (χ0) is 22.6. The monoisotopic (exact) mass is 456 g/mol. The molecule has 6 nitrogen and oxygen atoms in total. The van der Waals surface area contributed by atoms with Gasteiger partial charge in [-0.1, -0.05) is 44.9 Å². The van der Waals surface area contributed by atoms with E-state index in [4.69, 9.17) is 9.73 Å². The molecule has 0 bridgehead atoms. The maximum absolute atomic E-state index is 13.5. The summed E-state index contributed by atoms with van der Waals surface area (Å²) in [4.78, 5) is 21.1. The van der Waals surface area contributed by atoms with E-state index in [2.05, 4.69) is 0 Å². The highest BCUT2D eigenvalue weighted by molar-refractivity contribution is 7.68. The van der Waals surface area contributed by atoms with Gasteiger partial charge in [-0.3, -0.25) is 9.69 Å². The van der Waals surface area contributed by atoms with Crippen LogP contribution >= 0.6 is 20.7 Å². The maximum Gasteiger partial charge on any atom is 0.261 e. The molecule has 3 aromatic rings. The van der Waals surface area contributed by atoms with E-state index in [0.29, 0.717) is 5.56 Å². The van der Waals surface area contributed by atoms with Crippen molar-refractivity contribution in [3.05, 3.63) is 63.1 Å². The van der Waals surface area contributed by atoms with Gasteiger partial charge in [0.05, 0.1) is 34.5 Å². The molecule has 8 heteroatoms. The topological polar surface area (TPSA) is 89.5 Å². The fourth-order valence-electron chi connectivity index (χ4n) is 4.31. The van der Waals surface area contributed by atoms with Crippen LogP contribution in [0.4, 0.5) is 11.4 Å². The van der Waals surface area contributed by atoms with Crippen molar-refractivity contribution in [1.29, 1.82) is 10.5 Å². The second kappa shape index (κ2) is 7.16. The van der Waals surface area contributed by atoms with Crippen LogP contribution in [-0.2, 0) is 10.3 Å². The lowest BCUT2D eigenvalue weighted by atomic mass is 9.87. The summed E-state index contributed by atoms with van der Waals surface area (Å²) in [5.41, 5.74) is 3.36. The third-order valence-corrected chi connectivity index (χ3v) is 8.36. The van der Waals surface area contributed by atoms with Gasteiger partial charge < -0.3 is 4.74 Å². The van der Waals surface area contributed by atoms with Crippen molar-refractivity contribution in [1.82, 2.24) is 0 Å². The lowest BCUT2D eigenvalue weighted by Crippen LogP contribution is -2.45. The van der Waals surface area contributed by atoms with Gasteiger partial charge in [0.1, 0.15) is 28.1 Å². The second-order valence-electron chi connectivity index (χ2n) is 7.86. The predicted molar refractivity (Wildman–Crippen MR) is 125 cm³/mol. The van der Waals surface area contributed by atoms with Gasteiger partial charge in [-0.25, -0.2) is 4.99 Å². The number of nitrogens with zero attached hydrogens (tertiary/aromatic N) is 4. The highest BCUT2D eigenvalue weighted by Gasteiger charge is 2.50. The van der Waals surface area contributed by atoms with Crippen LogP contribution < -0.4 is 14.3 Å². The average molecular weight is 457 g/mol. The Morgan fingerprint density at radius 3 is 2.53 bits per heavy atom. The molecular weight excluding hydrogens is 440 g/mol. The van der Waals surface area contributed by atoms with Crippen molar-refractivity contribution < 1.29 is 9.53 Å². The Hall–Kier alpha value is -3.72. The number of amides is 1. The number of ether oxygens (including phenoxy) is 1. The van der Waals surface area contributed by atoms with Gasteiger partial charge in [-0.2, -0.15) is 10.5 Å². The van der Waals surface area contributed by atoms with Gasteiger partial charge in [0.2, 0.25) is 0 Å². The molecule has 1 aromatic heterocycles. The quantitative estimate of drug-likeness (QED) is 0.304. The Bertz CT molecular complexity index is 1480. The molecule has 0 N–H and O–H groups in total. The summed E-state index contributed by atoms with van der Waals surface area (Å²) in [6.45, 7) is 3.98. The van der Waals surface area contributed by atoms with Crippen LogP contribution in [0.5, 0.6) is 5.75 Å². The predicted octanol–water partition coefficient (Wildman–Crippen LogP) is 5.11. The number of fused-ring (bicyclic) bond motifs is 2. The molecule has 2 aliphatic rings. The number of hydrogen-bond donors (Lipinski definition) is 0. The van der Waals surface area contributed by atoms with E-state index in [0.717, 1.165) is 37.8 Å². The van der Waals surface area contributed by atoms with Crippen LogP contribution in [0, 0.1) is 22.7 Å². The smallest absolute Gasteiger partial charge is 0.261 e. The number of benzene rings is 2. The first-order valence-electron chi connectivity index (χ1n) is 9.77. The summed E-state index contributed by atoms with van der Waals surface area (Å²) < 4.78 is 6.18. The number of anilines is 1. The van der Waals surface area contributed by atoms with Gasteiger partial charge in [-0.05, 0) is 26.0 Å². The third-order valence-electron chi connectivity index (χ3n) is 5.73. The molecule has 0 saturated carbocycles. The molecule has 0 unspecified atom stereocenters. The van der Waals surface area contributed by atoms with E-state index < -0.39 is 5.54 Å². The van der Waals surface area contributed by atoms with Crippen LogP contribution in [-0.4, -0.2) is 13.0 Å². The maximum atomic E-state index is 13.5. The first kappa shape index (κ1) is 20.2. The zero-order valence-electron chi connectivity index (χ0n) is 17.5. The van der Waals surface area contributed by atoms with Crippen molar-refractivity contribution in [3.8, 4) is 29.0 Å². The zero-order valence-corrected chi connectivity index (χ0v) is 19.1. The van der Waals surface area contributed by atoms with Crippen molar-refractivity contribution in [2.75, 3.05) is 12.0 Å². The molecule has 32 heavy (non-hydrogen) atoms. The molecule has 2 aromatic carbocycles. The Kier molecular flexibility index (Phi) is 4.52. The largest absolute Gasteiger partial charge is 0.497 e. The van der Waals surface area contributed by atoms with E-state index >= 15 is 0 Å². The molecule has 0 atom stereocenters. The van der Waals surface area contributed by atoms with E-state index in [-0.39, 0.29) is 17.1 Å². The molecule has 0 radical (unpaired) electrons. The van der Waals surface area contributed by atoms with E-state index in [1.54, 1.807) is 38.8 Å². The normalized spacial score (nSPS) is 15.7. The Morgan fingerprint density at radius 2 is 1.81 bits per heavy atom. The summed E-state index contributed by atoms with van der Waals surface area (Å²) in [7, 11) is 4.78. The van der Waals surface area contributed by atoms with E-state index in [1.807, 2.05) is 62.4 Å². The number of methoxy groups -OCH3 is 1. The number of allylic oxidation sites excluding steroid dienone is 1. The number of carbonyl (C=O) groups excluding carboxylic acids is 1. The standard InChI is InChI=1S/C24H16N4O2S2/c1-24(2)21-19(22(32-31-21)27-14-6-4-7-15(10-14)30-3)17-9-5-8-16-18(13(11-25)12-26)23(29)28(24)20(16)17/h4-10H,1-3H3. The highest BCUT2D eigenvalue weighted by atomic mass is 32.9. The van der Waals surface area contributed by atoms with E-state index in [9.17, 15) is 15.3 Å². The first-order chi connectivity index (χ1) is 15.4. The first-order valence-corrected chi connectivity index (χ1v) is 11.9. The molecule has 0 aliphatic carbocycles. The Labute approximate surface area is 192 Å². The molecular formula is C24H16N4O2S2. The minimum Gasteiger partial charge on any atom is -0.497 e. The summed E-state index contributed by atoms with van der Waals surface area (Å²) in [5, 5.41) is 18.9. The molecule has 1 amide bonds. The molecule has 3 heterocycles. The van der Waals surface area contributed by atoms with Crippen LogP contribution in [0.25, 0.3) is 16.7 Å². The second-order valence-corrected chi connectivity index (χ2v) is 9.99. The molecule has 2 aliphatic heterocycles. The lowest BCUT2D eigenvalue weighted by molar-refractivity contribution is -0.114. The van der Waals surface area contributed by atoms with Gasteiger partial charge in [0, 0.05) is 22.8 Å². The van der Waals surface area contributed by atoms with Crippen molar-refractivity contribution in [3.63, 3.8) is 0 Å². The SMILES string of the molecule is COc1cccc(N=c2ssc3c2-c2cccc4c2N(C(=O)C4=C(C#N)C#N)C3(C)C)c1. The molecule has 5 rings (SSSR count). The Morgan fingerprint density at radius 1 is 1.09 bits per heavy atom. The highest BCUT2D eigenvalue weighted by Crippen LogP contribution is 2.56. The van der Waals surface area contributed by atoms with Crippen molar-refractivity contribution >= 4 is 43.5 Å². The average Bonchev–Trinajstić information content (AvgIpc) is 3.34. The molecule has 156 valence electrons. The number of nitriles is 2. The molecule has 0 spiro atoms. The number of carbonyl (C=O) groups is 1. The Balaban J connectivity index is 1.83. The minimum absolute atomic E-state index is 0.166. The van der Waals surface area contributed by atoms with E-state index in [1.165, 1.54) is 0 Å². The van der Waals surface area contributed by atoms with Gasteiger partial charge in [0.25, 0.3) is 5.91 Å². The summed E-state index contributed by atoms with van der Waals surface area (Å²) in [5.74, 6) is 0.416. The lowest BCUT2D eigenvalue weighted by Gasteiger charge is -2.40. The van der Waals surface area contributed by atoms with Crippen LogP contribution in [0.15, 0.2) is 53.0 Å². The van der Waals surface area contributed by atoms with Gasteiger partial charge >= 0.3 is 0 Å². The third kappa shape index (κ3) is 2.67. The molecule has 0 saturated heterocycles. The minimum atomic E-state index is -0.656. The summed E-state index contributed by atoms with van der Waals surface area (Å²) >= 11 is 0. The number of rotatable bonds is 2. The van der Waals surface area contributed by atoms with Crippen LogP contribution in [0.1, 0.15) is 24.3 Å². The summed E-state index contributed by atoms with van der Waals surface area (Å²) in [6.07, 6.45) is 0. The molecule has 0 fully saturated rings. The summed E-state index contributed by atoms with van der Waals surface area (Å²) in [6, 6.07) is 17.0. The number of para-hydroxylation sites is 1. The van der Waals surface area contributed by atoms with Crippen molar-refractivity contribution in [2.24, 2.45) is 4.99 Å². The van der Waals surface area contributed by atoms with Gasteiger partial charge in [-0.15, -0.1) is 0 Å². The van der Waals surface area contributed by atoms with Gasteiger partial charge in [0.15, 0.2) is 0 Å². The van der Waals surface area contributed by atoms with Crippen molar-refractivity contribution in [2.45, 2.75) is 19.4 Å². The van der Waals surface area contributed by atoms with Crippen LogP contribution in [0.3, 0.4) is 0 Å².